The van der Waals surface area contributed by atoms with Crippen LogP contribution in [0.5, 0.6) is 0 Å². The summed E-state index contributed by atoms with van der Waals surface area (Å²) in [6.45, 7) is 3.97. The first-order valence-electron chi connectivity index (χ1n) is 8.86. The molecule has 0 N–H and O–H groups in total. The van der Waals surface area contributed by atoms with Crippen molar-refractivity contribution in [3.05, 3.63) is 84.2 Å². The van der Waals surface area contributed by atoms with Crippen molar-refractivity contribution in [2.75, 3.05) is 0 Å². The molecule has 2 heterocycles. The molecule has 0 amide bonds. The normalized spacial score (nSPS) is 13.6. The zero-order chi connectivity index (χ0) is 18.1. The van der Waals surface area contributed by atoms with Gasteiger partial charge in [0.25, 0.3) is 0 Å². The molecule has 26 heavy (non-hydrogen) atoms. The highest BCUT2D eigenvalue weighted by Gasteiger charge is 2.23. The summed E-state index contributed by atoms with van der Waals surface area (Å²) in [6, 6.07) is 20.0. The van der Waals surface area contributed by atoms with Crippen molar-refractivity contribution in [1.29, 1.82) is 0 Å². The molecule has 4 aromatic rings. The largest absolute Gasteiger partial charge is 0.298 e. The van der Waals surface area contributed by atoms with E-state index in [0.717, 1.165) is 32.9 Å². The SMILES string of the molecule is CC(C(=O)C(C)c1ccc2ncccc2c1)c1ccc2ncccc2c1. The van der Waals surface area contributed by atoms with Gasteiger partial charge in [0.1, 0.15) is 5.78 Å². The predicted octanol–water partition coefficient (Wildman–Crippen LogP) is 5.26. The molecular formula is C23H20N2O. The predicted molar refractivity (Wildman–Crippen MR) is 105 cm³/mol. The summed E-state index contributed by atoms with van der Waals surface area (Å²) in [4.78, 5) is 21.8. The highest BCUT2D eigenvalue weighted by atomic mass is 16.1. The first-order valence-corrected chi connectivity index (χ1v) is 8.86. The Morgan fingerprint density at radius 1 is 0.731 bits per heavy atom. The number of ketones is 1. The Hall–Kier alpha value is -3.07. The van der Waals surface area contributed by atoms with Gasteiger partial charge < -0.3 is 0 Å². The van der Waals surface area contributed by atoms with Crippen LogP contribution in [0.2, 0.25) is 0 Å². The summed E-state index contributed by atoms with van der Waals surface area (Å²) in [6.07, 6.45) is 3.57. The lowest BCUT2D eigenvalue weighted by atomic mass is 9.85. The maximum atomic E-state index is 13.1. The van der Waals surface area contributed by atoms with Crippen LogP contribution in [-0.2, 0) is 4.79 Å². The fraction of sp³-hybridized carbons (Fsp3) is 0.174. The summed E-state index contributed by atoms with van der Waals surface area (Å²) in [5, 5.41) is 2.13. The Labute approximate surface area is 152 Å². The van der Waals surface area contributed by atoms with Crippen molar-refractivity contribution in [2.24, 2.45) is 0 Å². The fourth-order valence-corrected chi connectivity index (χ4v) is 3.43. The van der Waals surface area contributed by atoms with Crippen molar-refractivity contribution in [3.8, 4) is 0 Å². The van der Waals surface area contributed by atoms with Crippen molar-refractivity contribution in [2.45, 2.75) is 25.7 Å². The van der Waals surface area contributed by atoms with Gasteiger partial charge in [-0.3, -0.25) is 14.8 Å². The monoisotopic (exact) mass is 340 g/mol. The molecule has 0 aliphatic heterocycles. The molecule has 0 fully saturated rings. The zero-order valence-electron chi connectivity index (χ0n) is 14.9. The molecule has 0 radical (unpaired) electrons. The van der Waals surface area contributed by atoms with Crippen molar-refractivity contribution in [1.82, 2.24) is 9.97 Å². The molecular weight excluding hydrogens is 320 g/mol. The van der Waals surface area contributed by atoms with Crippen LogP contribution in [-0.4, -0.2) is 15.8 Å². The van der Waals surface area contributed by atoms with E-state index in [0.29, 0.717) is 0 Å². The summed E-state index contributed by atoms with van der Waals surface area (Å²) >= 11 is 0. The van der Waals surface area contributed by atoms with Crippen LogP contribution >= 0.6 is 0 Å². The van der Waals surface area contributed by atoms with E-state index in [2.05, 4.69) is 22.1 Å². The van der Waals surface area contributed by atoms with Gasteiger partial charge >= 0.3 is 0 Å². The molecule has 0 saturated heterocycles. The van der Waals surface area contributed by atoms with Crippen molar-refractivity contribution < 1.29 is 4.79 Å². The number of fused-ring (bicyclic) bond motifs is 2. The second-order valence-electron chi connectivity index (χ2n) is 6.76. The molecule has 0 aliphatic carbocycles. The zero-order valence-corrected chi connectivity index (χ0v) is 14.9. The van der Waals surface area contributed by atoms with Gasteiger partial charge in [0.05, 0.1) is 11.0 Å². The molecule has 0 bridgehead atoms. The van der Waals surface area contributed by atoms with E-state index >= 15 is 0 Å². The third-order valence-corrected chi connectivity index (χ3v) is 5.11. The van der Waals surface area contributed by atoms with E-state index in [9.17, 15) is 4.79 Å². The Morgan fingerprint density at radius 3 is 1.65 bits per heavy atom. The van der Waals surface area contributed by atoms with Gasteiger partial charge in [-0.2, -0.15) is 0 Å². The molecule has 0 saturated carbocycles. The number of rotatable bonds is 4. The van der Waals surface area contributed by atoms with Crippen LogP contribution in [0.1, 0.15) is 36.8 Å². The summed E-state index contributed by atoms with van der Waals surface area (Å²) in [5.41, 5.74) is 3.96. The van der Waals surface area contributed by atoms with Crippen LogP contribution < -0.4 is 0 Å². The summed E-state index contributed by atoms with van der Waals surface area (Å²) in [7, 11) is 0. The smallest absolute Gasteiger partial charge is 0.147 e. The molecule has 3 heteroatoms. The highest BCUT2D eigenvalue weighted by Crippen LogP contribution is 2.29. The van der Waals surface area contributed by atoms with Crippen LogP contribution in [0.25, 0.3) is 21.8 Å². The minimum atomic E-state index is -0.167. The number of benzene rings is 2. The topological polar surface area (TPSA) is 42.9 Å². The number of carbonyl (C=O) groups is 1. The second-order valence-corrected chi connectivity index (χ2v) is 6.76. The standard InChI is InChI=1S/C23H20N2O/c1-15(17-7-9-21-19(13-17)5-3-11-24-21)23(26)16(2)18-8-10-22-20(14-18)6-4-12-25-22/h3-16H,1-2H3. The minimum absolute atomic E-state index is 0.167. The van der Waals surface area contributed by atoms with Crippen molar-refractivity contribution in [3.63, 3.8) is 0 Å². The van der Waals surface area contributed by atoms with E-state index in [1.807, 2.05) is 62.4 Å². The number of aromatic nitrogens is 2. The van der Waals surface area contributed by atoms with Gasteiger partial charge in [0, 0.05) is 35.0 Å². The number of hydrogen-bond donors (Lipinski definition) is 0. The minimum Gasteiger partial charge on any atom is -0.298 e. The Kier molecular flexibility index (Phi) is 4.21. The molecule has 3 nitrogen and oxygen atoms in total. The number of hydrogen-bond acceptors (Lipinski definition) is 3. The van der Waals surface area contributed by atoms with Gasteiger partial charge in [-0.1, -0.05) is 38.1 Å². The molecule has 128 valence electrons. The lowest BCUT2D eigenvalue weighted by Gasteiger charge is -2.18. The van der Waals surface area contributed by atoms with Gasteiger partial charge in [-0.25, -0.2) is 0 Å². The van der Waals surface area contributed by atoms with E-state index in [-0.39, 0.29) is 17.6 Å². The molecule has 2 aromatic heterocycles. The quantitative estimate of drug-likeness (QED) is 0.509. The lowest BCUT2D eigenvalue weighted by Crippen LogP contribution is -2.16. The number of Topliss-reactive ketones (excluding diaryl/α,β-unsaturated/α-hetero) is 1. The van der Waals surface area contributed by atoms with Gasteiger partial charge in [-0.15, -0.1) is 0 Å². The molecule has 2 aromatic carbocycles. The summed E-state index contributed by atoms with van der Waals surface area (Å²) in [5.74, 6) is -0.116. The van der Waals surface area contributed by atoms with E-state index in [1.54, 1.807) is 12.4 Å². The number of carbonyl (C=O) groups excluding carboxylic acids is 1. The van der Waals surface area contributed by atoms with Crippen LogP contribution in [0.4, 0.5) is 0 Å². The van der Waals surface area contributed by atoms with Gasteiger partial charge in [0.2, 0.25) is 0 Å². The van der Waals surface area contributed by atoms with Crippen LogP contribution in [0, 0.1) is 0 Å². The average molecular weight is 340 g/mol. The maximum Gasteiger partial charge on any atom is 0.147 e. The third-order valence-electron chi connectivity index (χ3n) is 5.11. The molecule has 2 atom stereocenters. The first kappa shape index (κ1) is 16.4. The van der Waals surface area contributed by atoms with Gasteiger partial charge in [0.15, 0.2) is 0 Å². The maximum absolute atomic E-state index is 13.1. The number of pyridine rings is 2. The van der Waals surface area contributed by atoms with Crippen LogP contribution in [0.3, 0.4) is 0 Å². The molecule has 0 aliphatic rings. The molecule has 2 unspecified atom stereocenters. The van der Waals surface area contributed by atoms with E-state index in [1.165, 1.54) is 0 Å². The fourth-order valence-electron chi connectivity index (χ4n) is 3.43. The van der Waals surface area contributed by atoms with Gasteiger partial charge in [-0.05, 0) is 47.5 Å². The first-order chi connectivity index (χ1) is 12.6. The Bertz CT molecular complexity index is 1020. The Morgan fingerprint density at radius 2 is 1.19 bits per heavy atom. The van der Waals surface area contributed by atoms with E-state index < -0.39 is 0 Å². The van der Waals surface area contributed by atoms with E-state index in [4.69, 9.17) is 0 Å². The summed E-state index contributed by atoms with van der Waals surface area (Å²) < 4.78 is 0. The third kappa shape index (κ3) is 2.97. The van der Waals surface area contributed by atoms with Crippen LogP contribution in [0.15, 0.2) is 73.1 Å². The second kappa shape index (κ2) is 6.68. The average Bonchev–Trinajstić information content (AvgIpc) is 2.71. The van der Waals surface area contributed by atoms with Crippen molar-refractivity contribution >= 4 is 27.6 Å². The molecule has 0 spiro atoms. The molecule has 4 rings (SSSR count). The lowest BCUT2D eigenvalue weighted by molar-refractivity contribution is -0.121. The number of nitrogens with zero attached hydrogens (tertiary/aromatic N) is 2. The highest BCUT2D eigenvalue weighted by molar-refractivity contribution is 5.93. The Balaban J connectivity index is 1.63.